The van der Waals surface area contributed by atoms with E-state index in [2.05, 4.69) is 10.0 Å². The first-order chi connectivity index (χ1) is 13.1. The lowest BCUT2D eigenvalue weighted by molar-refractivity contribution is -0.123. The Hall–Kier alpha value is -1.84. The summed E-state index contributed by atoms with van der Waals surface area (Å²) in [5.41, 5.74) is 0.176. The fraction of sp³-hybridized carbons (Fsp3) is 0.176. The summed E-state index contributed by atoms with van der Waals surface area (Å²) in [7, 11) is -2.66. The van der Waals surface area contributed by atoms with Gasteiger partial charge in [-0.15, -0.1) is 0 Å². The number of carbonyl (C=O) groups excluding carboxylic acids is 2. The van der Waals surface area contributed by atoms with Crippen molar-refractivity contribution in [2.24, 2.45) is 0 Å². The summed E-state index contributed by atoms with van der Waals surface area (Å²) < 4.78 is 31.1. The van der Waals surface area contributed by atoms with Crippen LogP contribution in [0.25, 0.3) is 0 Å². The monoisotopic (exact) mass is 464 g/mol. The Kier molecular flexibility index (Phi) is 7.30. The molecular formula is C17H15Cl3N2O5S. The third-order valence-electron chi connectivity index (χ3n) is 3.59. The van der Waals surface area contributed by atoms with E-state index in [-0.39, 0.29) is 31.2 Å². The van der Waals surface area contributed by atoms with Crippen LogP contribution in [-0.2, 0) is 19.6 Å². The molecule has 1 atom stereocenters. The second kappa shape index (κ2) is 9.11. The van der Waals surface area contributed by atoms with E-state index in [0.29, 0.717) is 0 Å². The largest absolute Gasteiger partial charge is 0.449 e. The van der Waals surface area contributed by atoms with Crippen LogP contribution >= 0.6 is 34.8 Å². The summed E-state index contributed by atoms with van der Waals surface area (Å²) >= 11 is 17.8. The van der Waals surface area contributed by atoms with Crippen LogP contribution < -0.4 is 10.0 Å². The molecule has 0 aliphatic heterocycles. The maximum absolute atomic E-state index is 12.3. The number of nitrogens with one attached hydrogen (secondary N) is 2. The van der Waals surface area contributed by atoms with Gasteiger partial charge in [0.25, 0.3) is 5.91 Å². The first-order valence-electron chi connectivity index (χ1n) is 7.75. The Morgan fingerprint density at radius 1 is 1.07 bits per heavy atom. The highest BCUT2D eigenvalue weighted by atomic mass is 35.5. The van der Waals surface area contributed by atoms with Gasteiger partial charge >= 0.3 is 5.97 Å². The number of benzene rings is 2. The van der Waals surface area contributed by atoms with Crippen molar-refractivity contribution in [2.75, 3.05) is 12.4 Å². The van der Waals surface area contributed by atoms with Gasteiger partial charge in [-0.25, -0.2) is 17.9 Å². The van der Waals surface area contributed by atoms with Crippen molar-refractivity contribution < 1.29 is 22.7 Å². The van der Waals surface area contributed by atoms with Crippen molar-refractivity contribution in [2.45, 2.75) is 17.9 Å². The fourth-order valence-corrected chi connectivity index (χ4v) is 3.66. The zero-order chi connectivity index (χ0) is 21.1. The van der Waals surface area contributed by atoms with Gasteiger partial charge in [-0.05, 0) is 44.3 Å². The Balaban J connectivity index is 2.15. The van der Waals surface area contributed by atoms with Gasteiger partial charge in [0.15, 0.2) is 6.10 Å². The third kappa shape index (κ3) is 5.15. The van der Waals surface area contributed by atoms with Crippen molar-refractivity contribution in [3.63, 3.8) is 0 Å². The molecule has 0 bridgehead atoms. The summed E-state index contributed by atoms with van der Waals surface area (Å²) in [4.78, 5) is 24.3. The predicted molar refractivity (Wildman–Crippen MR) is 108 cm³/mol. The van der Waals surface area contributed by atoms with Crippen LogP contribution in [0.2, 0.25) is 15.1 Å². The molecule has 2 N–H and O–H groups in total. The summed E-state index contributed by atoms with van der Waals surface area (Å²) in [6.45, 7) is 1.35. The molecule has 28 heavy (non-hydrogen) atoms. The molecule has 0 heterocycles. The third-order valence-corrected chi connectivity index (χ3v) is 6.30. The second-order valence-corrected chi connectivity index (χ2v) is 8.54. The number of ether oxygens (including phenoxy) is 1. The average molecular weight is 466 g/mol. The van der Waals surface area contributed by atoms with Gasteiger partial charge in [-0.1, -0.05) is 40.9 Å². The molecule has 0 radical (unpaired) electrons. The Bertz CT molecular complexity index is 1030. The van der Waals surface area contributed by atoms with Gasteiger partial charge in [0.2, 0.25) is 10.0 Å². The lowest BCUT2D eigenvalue weighted by Gasteiger charge is -2.15. The molecule has 11 heteroatoms. The van der Waals surface area contributed by atoms with Gasteiger partial charge in [0, 0.05) is 0 Å². The summed E-state index contributed by atoms with van der Waals surface area (Å²) in [5, 5.41) is 2.84. The first-order valence-corrected chi connectivity index (χ1v) is 10.4. The highest BCUT2D eigenvalue weighted by molar-refractivity contribution is 7.89. The van der Waals surface area contributed by atoms with Gasteiger partial charge < -0.3 is 10.1 Å². The zero-order valence-electron chi connectivity index (χ0n) is 14.6. The number of rotatable bonds is 6. The molecule has 2 aromatic carbocycles. The van der Waals surface area contributed by atoms with E-state index in [1.165, 1.54) is 32.2 Å². The standard InChI is InChI=1S/C17H15Cl3N2O5S/c1-9(16(23)22-13-5-3-4-12(19)15(13)20)27-17(24)10-6-7-11(18)14(8-10)28(25,26)21-2/h3-9,21H,1-2H3,(H,22,23). The highest BCUT2D eigenvalue weighted by Crippen LogP contribution is 2.29. The van der Waals surface area contributed by atoms with E-state index < -0.39 is 28.0 Å². The molecule has 0 aliphatic rings. The molecule has 1 unspecified atom stereocenters. The number of anilines is 1. The minimum Gasteiger partial charge on any atom is -0.449 e. The molecule has 2 aromatic rings. The molecule has 0 aromatic heterocycles. The summed E-state index contributed by atoms with van der Waals surface area (Å²) in [6.07, 6.45) is -1.19. The summed E-state index contributed by atoms with van der Waals surface area (Å²) in [5.74, 6) is -1.54. The Labute approximate surface area is 177 Å². The van der Waals surface area contributed by atoms with E-state index in [1.807, 2.05) is 0 Å². The number of sulfonamides is 1. The Morgan fingerprint density at radius 3 is 2.39 bits per heavy atom. The predicted octanol–water partition coefficient (Wildman–Crippen LogP) is 3.74. The second-order valence-electron chi connectivity index (χ2n) is 5.49. The quantitative estimate of drug-likeness (QED) is 0.633. The normalized spacial score (nSPS) is 12.3. The van der Waals surface area contributed by atoms with E-state index in [0.717, 1.165) is 6.07 Å². The van der Waals surface area contributed by atoms with Gasteiger partial charge in [0.1, 0.15) is 4.90 Å². The number of amides is 1. The molecule has 7 nitrogen and oxygen atoms in total. The van der Waals surface area contributed by atoms with Crippen molar-refractivity contribution in [3.05, 3.63) is 57.0 Å². The average Bonchev–Trinajstić information content (AvgIpc) is 2.65. The van der Waals surface area contributed by atoms with Gasteiger partial charge in [-0.2, -0.15) is 0 Å². The lowest BCUT2D eigenvalue weighted by atomic mass is 10.2. The van der Waals surface area contributed by atoms with Crippen LogP contribution in [0.15, 0.2) is 41.3 Å². The van der Waals surface area contributed by atoms with Crippen LogP contribution in [0, 0.1) is 0 Å². The number of esters is 1. The van der Waals surface area contributed by atoms with Crippen LogP contribution in [0.4, 0.5) is 5.69 Å². The lowest BCUT2D eigenvalue weighted by Crippen LogP contribution is -2.30. The Morgan fingerprint density at radius 2 is 1.75 bits per heavy atom. The number of hydrogen-bond acceptors (Lipinski definition) is 5. The van der Waals surface area contributed by atoms with Gasteiger partial charge in [0.05, 0.1) is 26.3 Å². The van der Waals surface area contributed by atoms with Crippen LogP contribution in [0.5, 0.6) is 0 Å². The van der Waals surface area contributed by atoms with Crippen molar-refractivity contribution >= 4 is 62.4 Å². The molecule has 0 fully saturated rings. The number of halogens is 3. The number of carbonyl (C=O) groups is 2. The van der Waals surface area contributed by atoms with E-state index in [4.69, 9.17) is 39.5 Å². The summed E-state index contributed by atoms with van der Waals surface area (Å²) in [6, 6.07) is 8.29. The fourth-order valence-electron chi connectivity index (χ4n) is 2.06. The van der Waals surface area contributed by atoms with Gasteiger partial charge in [-0.3, -0.25) is 4.79 Å². The molecular weight excluding hydrogens is 451 g/mol. The van der Waals surface area contributed by atoms with Crippen molar-refractivity contribution in [3.8, 4) is 0 Å². The van der Waals surface area contributed by atoms with Crippen molar-refractivity contribution in [1.29, 1.82) is 0 Å². The van der Waals surface area contributed by atoms with Crippen LogP contribution in [0.3, 0.4) is 0 Å². The van der Waals surface area contributed by atoms with Crippen LogP contribution in [0.1, 0.15) is 17.3 Å². The molecule has 0 spiro atoms. The van der Waals surface area contributed by atoms with E-state index in [9.17, 15) is 18.0 Å². The number of hydrogen-bond donors (Lipinski definition) is 2. The smallest absolute Gasteiger partial charge is 0.338 e. The molecule has 2 rings (SSSR count). The maximum Gasteiger partial charge on any atom is 0.338 e. The minimum absolute atomic E-state index is 0.0627. The maximum atomic E-state index is 12.3. The molecule has 0 aliphatic carbocycles. The topological polar surface area (TPSA) is 102 Å². The van der Waals surface area contributed by atoms with E-state index >= 15 is 0 Å². The molecule has 0 saturated heterocycles. The molecule has 0 saturated carbocycles. The van der Waals surface area contributed by atoms with Crippen molar-refractivity contribution in [1.82, 2.24) is 4.72 Å². The minimum atomic E-state index is -3.88. The molecule has 1 amide bonds. The SMILES string of the molecule is CNS(=O)(=O)c1cc(C(=O)OC(C)C(=O)Nc2cccc(Cl)c2Cl)ccc1Cl. The molecule has 150 valence electrons. The highest BCUT2D eigenvalue weighted by Gasteiger charge is 2.23. The van der Waals surface area contributed by atoms with Crippen LogP contribution in [-0.4, -0.2) is 33.4 Å². The van der Waals surface area contributed by atoms with E-state index in [1.54, 1.807) is 12.1 Å². The zero-order valence-corrected chi connectivity index (χ0v) is 17.7. The first kappa shape index (κ1) is 22.4.